The molecule has 2 spiro atoms. The highest BCUT2D eigenvalue weighted by Crippen LogP contribution is 2.52. The van der Waals surface area contributed by atoms with Crippen LogP contribution >= 0.6 is 0 Å². The fraction of sp³-hybridized carbons (Fsp3) is 1.00. The monoisotopic (exact) mass is 316 g/mol. The summed E-state index contributed by atoms with van der Waals surface area (Å²) in [6, 6.07) is 0. The van der Waals surface area contributed by atoms with E-state index in [9.17, 15) is 0 Å². The Kier molecular flexibility index (Phi) is 5.17. The van der Waals surface area contributed by atoms with Crippen LogP contribution in [0, 0.1) is 0 Å². The highest BCUT2D eigenvalue weighted by Gasteiger charge is 2.58. The Morgan fingerprint density at radius 1 is 0.550 bits per heavy atom. The lowest BCUT2D eigenvalue weighted by Gasteiger charge is -2.43. The number of hydrogen-bond donors (Lipinski definition) is 0. The molecule has 2 nitrogen and oxygen atoms in total. The molecule has 3 aliphatic rings. The Balaban J connectivity index is 1.85. The maximum Gasteiger partial charge on any atom is 0.150 e. The van der Waals surface area contributed by atoms with Gasteiger partial charge in [-0.05, 0) is 25.7 Å². The van der Waals surface area contributed by atoms with E-state index in [-0.39, 0.29) is 11.2 Å². The summed E-state index contributed by atoms with van der Waals surface area (Å²) in [5, 5.41) is 0. The van der Waals surface area contributed by atoms with Crippen LogP contribution in [-0.2, 0) is 29.6 Å². The van der Waals surface area contributed by atoms with Gasteiger partial charge in [0.2, 0.25) is 0 Å². The molecule has 0 amide bonds. The zero-order valence-corrected chi connectivity index (χ0v) is 14.2. The van der Waals surface area contributed by atoms with Crippen LogP contribution in [0.5, 0.6) is 0 Å². The molecule has 116 valence electrons. The van der Waals surface area contributed by atoms with Crippen LogP contribution in [0.25, 0.3) is 0 Å². The first-order valence-electron chi connectivity index (χ1n) is 8.57. The number of hydrogen-bond acceptors (Lipinski definition) is 3. The molecule has 3 rings (SSSR count). The first kappa shape index (κ1) is 15.4. The Hall–Kier alpha value is 0.490. The van der Waals surface area contributed by atoms with Gasteiger partial charge in [0, 0.05) is 11.2 Å². The van der Waals surface area contributed by atoms with Crippen LogP contribution in [0.15, 0.2) is 0 Å². The topological polar surface area (TPSA) is 18.5 Å². The molecule has 1 saturated heterocycles. The Morgan fingerprint density at radius 2 is 0.850 bits per heavy atom. The molecule has 0 atom stereocenters. The van der Waals surface area contributed by atoms with Gasteiger partial charge >= 0.3 is 0 Å². The number of rotatable bonds is 0. The van der Waals surface area contributed by atoms with Crippen molar-refractivity contribution in [3.63, 3.8) is 0 Å². The molecule has 20 heavy (non-hydrogen) atoms. The van der Waals surface area contributed by atoms with Crippen molar-refractivity contribution in [2.45, 2.75) is 101 Å². The summed E-state index contributed by atoms with van der Waals surface area (Å²) < 4.78 is 12.7. The molecule has 0 aromatic rings. The third-order valence-electron chi connectivity index (χ3n) is 5.61. The molecular weight excluding hydrogens is 288 g/mol. The minimum absolute atomic E-state index is 0.0460. The third kappa shape index (κ3) is 2.99. The smallest absolute Gasteiger partial charge is 0.150 e. The second kappa shape index (κ2) is 6.72. The van der Waals surface area contributed by atoms with E-state index in [0.29, 0.717) is 0 Å². The highest BCUT2D eigenvalue weighted by molar-refractivity contribution is 8.23. The van der Waals surface area contributed by atoms with Gasteiger partial charge in [-0.2, -0.15) is 0 Å². The lowest BCUT2D eigenvalue weighted by molar-refractivity contribution is -0.0805. The van der Waals surface area contributed by atoms with Gasteiger partial charge in [0.05, 0.1) is 0 Å². The fourth-order valence-corrected chi connectivity index (χ4v) is 6.43. The van der Waals surface area contributed by atoms with Crippen LogP contribution < -0.4 is 0 Å². The molecule has 0 bridgehead atoms. The molecule has 0 radical (unpaired) electrons. The van der Waals surface area contributed by atoms with Gasteiger partial charge in [-0.1, -0.05) is 64.2 Å². The molecule has 0 aromatic heterocycles. The fourth-order valence-electron chi connectivity index (χ4n) is 4.46. The van der Waals surface area contributed by atoms with Crippen LogP contribution in [-0.4, -0.2) is 11.2 Å². The molecule has 2 aliphatic carbocycles. The second-order valence-corrected chi connectivity index (χ2v) is 8.45. The Morgan fingerprint density at radius 3 is 1.20 bits per heavy atom. The average Bonchev–Trinajstić information content (AvgIpc) is 2.63. The lowest BCUT2D eigenvalue weighted by Crippen LogP contribution is -2.52. The van der Waals surface area contributed by atoms with Crippen LogP contribution in [0.4, 0.5) is 0 Å². The summed E-state index contributed by atoms with van der Waals surface area (Å²) in [7, 11) is -0.690. The Labute approximate surface area is 131 Å². The summed E-state index contributed by atoms with van der Waals surface area (Å²) >= 11 is 5.45. The predicted molar refractivity (Wildman–Crippen MR) is 87.0 cm³/mol. The first-order chi connectivity index (χ1) is 9.77. The second-order valence-electron chi connectivity index (χ2n) is 6.89. The Bertz CT molecular complexity index is 308. The quantitative estimate of drug-likeness (QED) is 0.632. The SMILES string of the molecule is S=S1OC2(CCCCCCC2)C2(CCCCCCC2)O1. The summed E-state index contributed by atoms with van der Waals surface area (Å²) in [5.74, 6) is 0. The molecular formula is C16H28O2S2. The summed E-state index contributed by atoms with van der Waals surface area (Å²) in [4.78, 5) is 0. The van der Waals surface area contributed by atoms with E-state index < -0.39 is 10.0 Å². The standard InChI is InChI=1S/C16H28O2S2/c19-20-17-15(11-7-3-1-4-8-12-15)16(18-20)13-9-5-2-6-10-14-16/h1-14H2. The maximum atomic E-state index is 6.34. The van der Waals surface area contributed by atoms with Gasteiger partial charge in [0.25, 0.3) is 0 Å². The van der Waals surface area contributed by atoms with E-state index in [0.717, 1.165) is 0 Å². The van der Waals surface area contributed by atoms with Crippen molar-refractivity contribution in [2.75, 3.05) is 0 Å². The normalized spacial score (nSPS) is 31.6. The minimum atomic E-state index is -0.690. The van der Waals surface area contributed by atoms with E-state index in [1.54, 1.807) is 0 Å². The minimum Gasteiger partial charge on any atom is -0.281 e. The van der Waals surface area contributed by atoms with Crippen LogP contribution in [0.1, 0.15) is 89.9 Å². The summed E-state index contributed by atoms with van der Waals surface area (Å²) in [6.07, 6.45) is 18.1. The average molecular weight is 317 g/mol. The maximum absolute atomic E-state index is 6.34. The first-order valence-corrected chi connectivity index (χ1v) is 10.6. The largest absolute Gasteiger partial charge is 0.281 e. The van der Waals surface area contributed by atoms with E-state index in [2.05, 4.69) is 0 Å². The van der Waals surface area contributed by atoms with E-state index in [1.165, 1.54) is 89.9 Å². The van der Waals surface area contributed by atoms with Gasteiger partial charge < -0.3 is 0 Å². The van der Waals surface area contributed by atoms with Crippen LogP contribution in [0.2, 0.25) is 0 Å². The van der Waals surface area contributed by atoms with Crippen molar-refractivity contribution in [2.24, 2.45) is 0 Å². The third-order valence-corrected chi connectivity index (χ3v) is 6.93. The summed E-state index contributed by atoms with van der Waals surface area (Å²) in [6.45, 7) is 0. The van der Waals surface area contributed by atoms with E-state index >= 15 is 0 Å². The van der Waals surface area contributed by atoms with Gasteiger partial charge in [0.15, 0.2) is 0 Å². The van der Waals surface area contributed by atoms with Crippen LogP contribution in [0.3, 0.4) is 0 Å². The zero-order valence-electron chi connectivity index (χ0n) is 12.5. The van der Waals surface area contributed by atoms with E-state index in [1.807, 2.05) is 0 Å². The van der Waals surface area contributed by atoms with Gasteiger partial charge in [-0.15, -0.1) is 0 Å². The molecule has 4 heteroatoms. The van der Waals surface area contributed by atoms with E-state index in [4.69, 9.17) is 19.6 Å². The predicted octanol–water partition coefficient (Wildman–Crippen LogP) is 4.91. The molecule has 0 unspecified atom stereocenters. The van der Waals surface area contributed by atoms with Gasteiger partial charge in [-0.25, -0.2) is 0 Å². The van der Waals surface area contributed by atoms with Crippen molar-refractivity contribution < 1.29 is 8.37 Å². The highest BCUT2D eigenvalue weighted by atomic mass is 32.8. The van der Waals surface area contributed by atoms with Crippen molar-refractivity contribution in [1.29, 1.82) is 0 Å². The van der Waals surface area contributed by atoms with Crippen molar-refractivity contribution >= 4 is 21.2 Å². The summed E-state index contributed by atoms with van der Waals surface area (Å²) in [5.41, 5.74) is -0.0920. The van der Waals surface area contributed by atoms with Crippen molar-refractivity contribution in [3.05, 3.63) is 0 Å². The molecule has 0 aromatic carbocycles. The lowest BCUT2D eigenvalue weighted by atomic mass is 9.69. The molecule has 3 fully saturated rings. The van der Waals surface area contributed by atoms with Crippen molar-refractivity contribution in [3.8, 4) is 0 Å². The molecule has 1 heterocycles. The van der Waals surface area contributed by atoms with Gasteiger partial charge in [0.1, 0.15) is 21.2 Å². The molecule has 1 aliphatic heterocycles. The zero-order chi connectivity index (χ0) is 13.9. The molecule has 2 saturated carbocycles. The van der Waals surface area contributed by atoms with Crippen molar-refractivity contribution in [1.82, 2.24) is 0 Å². The van der Waals surface area contributed by atoms with Gasteiger partial charge in [-0.3, -0.25) is 8.37 Å². The molecule has 0 N–H and O–H groups in total. The number of fused-ring (bicyclic) bond motifs is 1.